The Kier molecular flexibility index (Phi) is 5.26. The largest absolute Gasteiger partial charge is 0.347 e. The summed E-state index contributed by atoms with van der Waals surface area (Å²) in [5, 5.41) is 3.56. The molecular formula is C13H16BrF2NO. The van der Waals surface area contributed by atoms with Gasteiger partial charge in [-0.2, -0.15) is 0 Å². The van der Waals surface area contributed by atoms with Gasteiger partial charge < -0.3 is 5.32 Å². The van der Waals surface area contributed by atoms with Gasteiger partial charge in [0.15, 0.2) is 0 Å². The zero-order chi connectivity index (χ0) is 13.8. The third-order valence-electron chi connectivity index (χ3n) is 2.97. The highest BCUT2D eigenvalue weighted by molar-refractivity contribution is 9.09. The minimum Gasteiger partial charge on any atom is -0.347 e. The summed E-state index contributed by atoms with van der Waals surface area (Å²) in [6, 6.07) is 2.81. The number of alkyl halides is 1. The summed E-state index contributed by atoms with van der Waals surface area (Å²) in [6.45, 7) is 3.86. The van der Waals surface area contributed by atoms with Crippen LogP contribution < -0.4 is 5.32 Å². The van der Waals surface area contributed by atoms with Crippen LogP contribution in [-0.2, 0) is 0 Å². The molecule has 1 unspecified atom stereocenters. The fraction of sp³-hybridized carbons (Fsp3) is 0.462. The Morgan fingerprint density at radius 2 is 1.89 bits per heavy atom. The number of benzene rings is 1. The molecule has 0 aliphatic rings. The third-order valence-corrected chi connectivity index (χ3v) is 3.36. The molecule has 0 radical (unpaired) electrons. The number of carbonyl (C=O) groups is 1. The Balaban J connectivity index is 2.87. The molecule has 18 heavy (non-hydrogen) atoms. The van der Waals surface area contributed by atoms with Gasteiger partial charge in [0.25, 0.3) is 5.91 Å². The van der Waals surface area contributed by atoms with Crippen molar-refractivity contribution in [3.05, 3.63) is 35.4 Å². The Labute approximate surface area is 114 Å². The fourth-order valence-electron chi connectivity index (χ4n) is 1.57. The summed E-state index contributed by atoms with van der Waals surface area (Å²) in [6.07, 6.45) is 1.48. The predicted octanol–water partition coefficient (Wildman–Crippen LogP) is 3.65. The Morgan fingerprint density at radius 1 is 1.33 bits per heavy atom. The minimum absolute atomic E-state index is 0.00162. The Morgan fingerprint density at radius 3 is 2.33 bits per heavy atom. The van der Waals surface area contributed by atoms with Crippen molar-refractivity contribution in [1.82, 2.24) is 5.32 Å². The zero-order valence-electron chi connectivity index (χ0n) is 10.4. The van der Waals surface area contributed by atoms with E-state index in [-0.39, 0.29) is 11.1 Å². The van der Waals surface area contributed by atoms with E-state index in [9.17, 15) is 13.6 Å². The van der Waals surface area contributed by atoms with Crippen molar-refractivity contribution in [1.29, 1.82) is 0 Å². The lowest BCUT2D eigenvalue weighted by atomic mass is 9.95. The maximum atomic E-state index is 13.0. The van der Waals surface area contributed by atoms with Gasteiger partial charge in [-0.3, -0.25) is 4.79 Å². The van der Waals surface area contributed by atoms with Crippen molar-refractivity contribution in [2.24, 2.45) is 0 Å². The third kappa shape index (κ3) is 4.05. The highest BCUT2D eigenvalue weighted by atomic mass is 79.9. The van der Waals surface area contributed by atoms with Crippen LogP contribution in [0.5, 0.6) is 0 Å². The first-order valence-corrected chi connectivity index (χ1v) is 6.87. The molecule has 0 aliphatic heterocycles. The number of carbonyl (C=O) groups excluding carboxylic acids is 1. The normalized spacial score (nSPS) is 14.1. The summed E-state index contributed by atoms with van der Waals surface area (Å²) in [5.74, 6) is -1.96. The monoisotopic (exact) mass is 319 g/mol. The molecule has 0 bridgehead atoms. The molecule has 0 saturated heterocycles. The zero-order valence-corrected chi connectivity index (χ0v) is 12.0. The first-order chi connectivity index (χ1) is 8.40. The van der Waals surface area contributed by atoms with Crippen LogP contribution in [0, 0.1) is 11.6 Å². The van der Waals surface area contributed by atoms with E-state index < -0.39 is 17.5 Å². The SMILES string of the molecule is CCC(C)(CCBr)NC(=O)c1cc(F)cc(F)c1. The number of amides is 1. The molecule has 1 atom stereocenters. The minimum atomic E-state index is -0.751. The molecule has 1 amide bonds. The summed E-state index contributed by atoms with van der Waals surface area (Å²) in [5.41, 5.74) is -0.384. The van der Waals surface area contributed by atoms with E-state index in [4.69, 9.17) is 0 Å². The second kappa shape index (κ2) is 6.27. The van der Waals surface area contributed by atoms with Crippen molar-refractivity contribution in [2.75, 3.05) is 5.33 Å². The number of hydrogen-bond donors (Lipinski definition) is 1. The summed E-state index contributed by atoms with van der Waals surface area (Å²) >= 11 is 3.32. The fourth-order valence-corrected chi connectivity index (χ4v) is 2.44. The van der Waals surface area contributed by atoms with Crippen LogP contribution >= 0.6 is 15.9 Å². The topological polar surface area (TPSA) is 29.1 Å². The average molecular weight is 320 g/mol. The molecule has 0 saturated carbocycles. The predicted molar refractivity (Wildman–Crippen MR) is 70.9 cm³/mol. The van der Waals surface area contributed by atoms with Crippen LogP contribution in [0.25, 0.3) is 0 Å². The van der Waals surface area contributed by atoms with Crippen LogP contribution in [0.4, 0.5) is 8.78 Å². The molecule has 1 rings (SSSR count). The molecule has 1 N–H and O–H groups in total. The van der Waals surface area contributed by atoms with E-state index in [0.29, 0.717) is 0 Å². The van der Waals surface area contributed by atoms with E-state index in [0.717, 1.165) is 36.4 Å². The lowest BCUT2D eigenvalue weighted by molar-refractivity contribution is 0.0901. The molecule has 0 heterocycles. The van der Waals surface area contributed by atoms with Gasteiger partial charge in [0.2, 0.25) is 0 Å². The molecule has 0 aromatic heterocycles. The van der Waals surface area contributed by atoms with Gasteiger partial charge in [-0.05, 0) is 31.9 Å². The van der Waals surface area contributed by atoms with Crippen molar-refractivity contribution in [3.8, 4) is 0 Å². The molecule has 1 aromatic carbocycles. The summed E-state index contributed by atoms with van der Waals surface area (Å²) < 4.78 is 26.0. The van der Waals surface area contributed by atoms with Crippen molar-refractivity contribution < 1.29 is 13.6 Å². The van der Waals surface area contributed by atoms with Crippen LogP contribution in [0.15, 0.2) is 18.2 Å². The van der Waals surface area contributed by atoms with E-state index in [2.05, 4.69) is 21.2 Å². The molecule has 0 fully saturated rings. The average Bonchev–Trinajstić information content (AvgIpc) is 2.28. The molecule has 0 spiro atoms. The van der Waals surface area contributed by atoms with Gasteiger partial charge in [-0.1, -0.05) is 22.9 Å². The lowest BCUT2D eigenvalue weighted by Crippen LogP contribution is -2.45. The lowest BCUT2D eigenvalue weighted by Gasteiger charge is -2.29. The van der Waals surface area contributed by atoms with E-state index >= 15 is 0 Å². The van der Waals surface area contributed by atoms with Crippen molar-refractivity contribution >= 4 is 21.8 Å². The first-order valence-electron chi connectivity index (χ1n) is 5.75. The van der Waals surface area contributed by atoms with Gasteiger partial charge >= 0.3 is 0 Å². The van der Waals surface area contributed by atoms with Crippen LogP contribution in [-0.4, -0.2) is 16.8 Å². The van der Waals surface area contributed by atoms with Crippen molar-refractivity contribution in [2.45, 2.75) is 32.2 Å². The Hall–Kier alpha value is -0.970. The van der Waals surface area contributed by atoms with Crippen LogP contribution in [0.2, 0.25) is 0 Å². The second-order valence-electron chi connectivity index (χ2n) is 4.47. The standard InChI is InChI=1S/C13H16BrF2NO/c1-3-13(2,4-5-14)17-12(18)9-6-10(15)8-11(16)7-9/h6-8H,3-5H2,1-2H3,(H,17,18). The number of hydrogen-bond acceptors (Lipinski definition) is 1. The molecule has 0 aliphatic carbocycles. The van der Waals surface area contributed by atoms with E-state index in [1.165, 1.54) is 0 Å². The number of rotatable bonds is 5. The van der Waals surface area contributed by atoms with Crippen LogP contribution in [0.1, 0.15) is 37.0 Å². The number of halogens is 3. The summed E-state index contributed by atoms with van der Waals surface area (Å²) in [7, 11) is 0. The first kappa shape index (κ1) is 15.1. The van der Waals surface area contributed by atoms with Gasteiger partial charge in [0, 0.05) is 22.5 Å². The quantitative estimate of drug-likeness (QED) is 0.825. The number of nitrogens with one attached hydrogen (secondary N) is 1. The van der Waals surface area contributed by atoms with E-state index in [1.54, 1.807) is 0 Å². The summed E-state index contributed by atoms with van der Waals surface area (Å²) in [4.78, 5) is 11.9. The van der Waals surface area contributed by atoms with Crippen LogP contribution in [0.3, 0.4) is 0 Å². The van der Waals surface area contributed by atoms with Gasteiger partial charge in [0.1, 0.15) is 11.6 Å². The maximum Gasteiger partial charge on any atom is 0.251 e. The Bertz CT molecular complexity index is 419. The maximum absolute atomic E-state index is 13.0. The molecule has 100 valence electrons. The molecule has 1 aromatic rings. The van der Waals surface area contributed by atoms with Gasteiger partial charge in [-0.25, -0.2) is 8.78 Å². The highest BCUT2D eigenvalue weighted by Crippen LogP contribution is 2.17. The van der Waals surface area contributed by atoms with Gasteiger partial charge in [0.05, 0.1) is 0 Å². The highest BCUT2D eigenvalue weighted by Gasteiger charge is 2.24. The van der Waals surface area contributed by atoms with Crippen molar-refractivity contribution in [3.63, 3.8) is 0 Å². The van der Waals surface area contributed by atoms with E-state index in [1.807, 2.05) is 13.8 Å². The molecule has 2 nitrogen and oxygen atoms in total. The second-order valence-corrected chi connectivity index (χ2v) is 5.26. The molecular weight excluding hydrogens is 304 g/mol. The smallest absolute Gasteiger partial charge is 0.251 e. The molecule has 5 heteroatoms. The van der Waals surface area contributed by atoms with Gasteiger partial charge in [-0.15, -0.1) is 0 Å².